The summed E-state index contributed by atoms with van der Waals surface area (Å²) < 4.78 is 0. The summed E-state index contributed by atoms with van der Waals surface area (Å²) in [6.07, 6.45) is 12.2. The van der Waals surface area contributed by atoms with Crippen molar-refractivity contribution >= 4 is 11.4 Å². The Labute approximate surface area is 172 Å². The maximum absolute atomic E-state index is 3.51. The normalized spacial score (nSPS) is 17.7. The lowest BCUT2D eigenvalue weighted by Crippen LogP contribution is -2.75. The average Bonchev–Trinajstić information content (AvgIpc) is 3.62. The van der Waals surface area contributed by atoms with Gasteiger partial charge in [-0.05, 0) is 48.5 Å². The Balaban J connectivity index is 1.27. The highest BCUT2D eigenvalue weighted by atomic mass is 14.9. The summed E-state index contributed by atoms with van der Waals surface area (Å²) >= 11 is 0. The summed E-state index contributed by atoms with van der Waals surface area (Å²) in [6.45, 7) is 0. The molecule has 6 rings (SSSR count). The number of rotatable bonds is 4. The molecule has 0 radical (unpaired) electrons. The van der Waals surface area contributed by atoms with Crippen LogP contribution in [-0.2, 0) is 0 Å². The molecule has 0 spiro atoms. The summed E-state index contributed by atoms with van der Waals surface area (Å²) in [6, 6.07) is 16.5. The van der Waals surface area contributed by atoms with Gasteiger partial charge >= 0.3 is 0 Å². The first-order chi connectivity index (χ1) is 14.8. The van der Waals surface area contributed by atoms with E-state index >= 15 is 0 Å². The van der Waals surface area contributed by atoms with E-state index in [-0.39, 0.29) is 0 Å². The van der Waals surface area contributed by atoms with Crippen molar-refractivity contribution in [3.63, 3.8) is 0 Å². The van der Waals surface area contributed by atoms with E-state index in [4.69, 9.17) is 0 Å². The number of aromatic amines is 4. The van der Waals surface area contributed by atoms with Gasteiger partial charge in [-0.15, -0.1) is 0 Å². The lowest BCUT2D eigenvalue weighted by atomic mass is 10.2. The smallest absolute Gasteiger partial charge is 0.276 e. The van der Waals surface area contributed by atoms with Crippen LogP contribution < -0.4 is 9.98 Å². The van der Waals surface area contributed by atoms with Crippen LogP contribution in [0.3, 0.4) is 0 Å². The molecule has 0 aromatic carbocycles. The Hall–Kier alpha value is -4.32. The Morgan fingerprint density at radius 3 is 1.37 bits per heavy atom. The standard InChI is InChI=1S/C24H18N6/c1-3-15(25-13-1)17-5-7-19(27-17)21-9-11-23(29-21)24-12-10-22(30-24)20-8-6-18(28-20)16-4-2-14-26-16/h1-14,25-28H/p+2/b24-23+. The summed E-state index contributed by atoms with van der Waals surface area (Å²) in [5.74, 6) is 0. The van der Waals surface area contributed by atoms with E-state index in [1.165, 1.54) is 0 Å². The summed E-state index contributed by atoms with van der Waals surface area (Å²) in [5, 5.41) is 0. The molecule has 2 aliphatic heterocycles. The van der Waals surface area contributed by atoms with E-state index in [9.17, 15) is 0 Å². The maximum atomic E-state index is 3.51. The monoisotopic (exact) mass is 392 g/mol. The molecule has 4 aromatic rings. The zero-order valence-corrected chi connectivity index (χ0v) is 16.1. The molecule has 0 saturated heterocycles. The highest BCUT2D eigenvalue weighted by Crippen LogP contribution is 2.18. The predicted octanol–water partition coefficient (Wildman–Crippen LogP) is 1.12. The second-order valence-electron chi connectivity index (χ2n) is 7.31. The molecule has 0 fully saturated rings. The number of allylic oxidation sites excluding steroid dienone is 4. The van der Waals surface area contributed by atoms with Gasteiger partial charge in [0, 0.05) is 36.7 Å². The van der Waals surface area contributed by atoms with Gasteiger partial charge in [0.1, 0.15) is 11.4 Å². The Morgan fingerprint density at radius 1 is 0.467 bits per heavy atom. The number of hydrogen-bond acceptors (Lipinski definition) is 0. The van der Waals surface area contributed by atoms with E-state index < -0.39 is 0 Å². The van der Waals surface area contributed by atoms with Gasteiger partial charge in [-0.2, -0.15) is 9.98 Å². The fraction of sp³-hybridized carbons (Fsp3) is 0. The fourth-order valence-corrected chi connectivity index (χ4v) is 3.83. The van der Waals surface area contributed by atoms with Crippen molar-refractivity contribution < 1.29 is 9.98 Å². The van der Waals surface area contributed by atoms with Crippen molar-refractivity contribution in [2.24, 2.45) is 0 Å². The molecule has 6 heteroatoms. The maximum Gasteiger partial charge on any atom is 0.276 e. The number of nitrogens with one attached hydrogen (secondary N) is 6. The largest absolute Gasteiger partial charge is 0.360 e. The highest BCUT2D eigenvalue weighted by Gasteiger charge is 2.26. The first kappa shape index (κ1) is 16.6. The zero-order valence-electron chi connectivity index (χ0n) is 16.1. The van der Waals surface area contributed by atoms with Crippen LogP contribution in [0.4, 0.5) is 0 Å². The van der Waals surface area contributed by atoms with Crippen molar-refractivity contribution in [1.82, 2.24) is 19.9 Å². The number of aromatic nitrogens is 4. The summed E-state index contributed by atoms with van der Waals surface area (Å²) in [5.41, 5.74) is 10.6. The SMILES string of the molecule is C1=C/C(=C2/C=CC(c3ccc(-c4ccc[nH]4)[nH]3)=[NH+]2)[NH+]=C1c1ccc(-c2ccc[nH]2)[nH]1. The van der Waals surface area contributed by atoms with Crippen LogP contribution in [0.1, 0.15) is 11.4 Å². The second kappa shape index (κ2) is 6.63. The van der Waals surface area contributed by atoms with Crippen LogP contribution in [0, 0.1) is 0 Å². The van der Waals surface area contributed by atoms with Gasteiger partial charge in [-0.1, -0.05) is 0 Å². The molecule has 0 amide bonds. The van der Waals surface area contributed by atoms with Crippen molar-refractivity contribution in [3.05, 3.63) is 108 Å². The van der Waals surface area contributed by atoms with E-state index in [1.807, 2.05) is 24.5 Å². The summed E-state index contributed by atoms with van der Waals surface area (Å²) in [7, 11) is 0. The van der Waals surface area contributed by atoms with Gasteiger partial charge < -0.3 is 19.9 Å². The van der Waals surface area contributed by atoms with Crippen LogP contribution in [0.2, 0.25) is 0 Å². The lowest BCUT2D eigenvalue weighted by molar-refractivity contribution is -0.434. The van der Waals surface area contributed by atoms with Gasteiger partial charge in [0.2, 0.25) is 11.4 Å². The molecule has 30 heavy (non-hydrogen) atoms. The highest BCUT2D eigenvalue weighted by molar-refractivity contribution is 6.06. The van der Waals surface area contributed by atoms with Crippen molar-refractivity contribution in [2.45, 2.75) is 0 Å². The Kier molecular flexibility index (Phi) is 3.67. The minimum atomic E-state index is 1.04. The van der Waals surface area contributed by atoms with Gasteiger partial charge in [0.15, 0.2) is 0 Å². The van der Waals surface area contributed by atoms with Gasteiger partial charge in [-0.25, -0.2) is 0 Å². The van der Waals surface area contributed by atoms with E-state index in [1.54, 1.807) is 0 Å². The van der Waals surface area contributed by atoms with Crippen molar-refractivity contribution in [3.8, 4) is 22.8 Å². The minimum absolute atomic E-state index is 1.04. The van der Waals surface area contributed by atoms with Crippen LogP contribution in [0.25, 0.3) is 22.8 Å². The Morgan fingerprint density at radius 2 is 0.933 bits per heavy atom. The van der Waals surface area contributed by atoms with Gasteiger partial charge in [-0.3, -0.25) is 0 Å². The molecule has 0 atom stereocenters. The third kappa shape index (κ3) is 2.82. The average molecular weight is 392 g/mol. The molecular weight excluding hydrogens is 372 g/mol. The van der Waals surface area contributed by atoms with Crippen molar-refractivity contribution in [2.75, 3.05) is 0 Å². The quantitative estimate of drug-likeness (QED) is 0.301. The molecule has 0 bridgehead atoms. The van der Waals surface area contributed by atoms with E-state index in [2.05, 4.69) is 90.6 Å². The molecule has 6 N–H and O–H groups in total. The van der Waals surface area contributed by atoms with E-state index in [0.29, 0.717) is 0 Å². The van der Waals surface area contributed by atoms with Crippen LogP contribution >= 0.6 is 0 Å². The molecule has 0 saturated carbocycles. The molecular formula is C24H20N6+2. The lowest BCUT2D eigenvalue weighted by Gasteiger charge is -1.92. The fourth-order valence-electron chi connectivity index (χ4n) is 3.83. The van der Waals surface area contributed by atoms with Crippen LogP contribution in [0.5, 0.6) is 0 Å². The first-order valence-electron chi connectivity index (χ1n) is 9.88. The number of H-pyrrole nitrogens is 4. The molecule has 6 nitrogen and oxygen atoms in total. The number of hydrogen-bond donors (Lipinski definition) is 6. The summed E-state index contributed by atoms with van der Waals surface area (Å²) in [4.78, 5) is 20.4. The topological polar surface area (TPSA) is 91.1 Å². The first-order valence-corrected chi connectivity index (χ1v) is 9.88. The minimum Gasteiger partial charge on any atom is -0.360 e. The zero-order chi connectivity index (χ0) is 19.9. The predicted molar refractivity (Wildman–Crippen MR) is 117 cm³/mol. The molecule has 4 aromatic heterocycles. The molecule has 2 aliphatic rings. The molecule has 0 aliphatic carbocycles. The molecule has 144 valence electrons. The van der Waals surface area contributed by atoms with E-state index in [0.717, 1.165) is 57.0 Å². The van der Waals surface area contributed by atoms with Crippen molar-refractivity contribution in [1.29, 1.82) is 0 Å². The molecule has 0 unspecified atom stereocenters. The third-order valence-electron chi connectivity index (χ3n) is 5.39. The van der Waals surface area contributed by atoms with Crippen LogP contribution in [0.15, 0.2) is 96.6 Å². The van der Waals surface area contributed by atoms with Gasteiger partial charge in [0.25, 0.3) is 11.4 Å². The third-order valence-corrected chi connectivity index (χ3v) is 5.39. The molecule has 6 heterocycles. The van der Waals surface area contributed by atoms with Crippen LogP contribution in [-0.4, -0.2) is 31.4 Å². The second-order valence-corrected chi connectivity index (χ2v) is 7.31. The Bertz CT molecular complexity index is 1260. The van der Waals surface area contributed by atoms with Gasteiger partial charge in [0.05, 0.1) is 22.8 Å².